The molecule has 0 heterocycles. The molecule has 0 radical (unpaired) electrons. The number of rotatable bonds is 75. The van der Waals surface area contributed by atoms with Gasteiger partial charge in [0, 0.05) is 25.7 Å². The number of phosphoric ester groups is 2. The molecule has 0 fully saturated rings. The molecule has 0 spiro atoms. The van der Waals surface area contributed by atoms with E-state index in [0.717, 1.165) is 154 Å². The molecule has 0 aliphatic carbocycles. The second-order valence-electron chi connectivity index (χ2n) is 26.6. The van der Waals surface area contributed by atoms with Crippen molar-refractivity contribution in [3.8, 4) is 0 Å². The average molecular weight is 1450 g/mol. The molecule has 0 aromatic rings. The number of aliphatic hydroxyl groups excluding tert-OH is 1. The van der Waals surface area contributed by atoms with Crippen molar-refractivity contribution in [3.05, 3.63) is 85.1 Å². The van der Waals surface area contributed by atoms with Crippen LogP contribution in [0, 0.1) is 0 Å². The van der Waals surface area contributed by atoms with Crippen LogP contribution in [-0.4, -0.2) is 96.7 Å². The normalized spacial score (nSPS) is 14.3. The second kappa shape index (κ2) is 73.5. The SMILES string of the molecule is CCCCC/C=C\C/C=C\C/C=C\C/C=C\CCCC(=O)O[C@H](COC(=O)CCCCCCC/C=C\CCCCCCCC)COP(=O)(O)OC[C@@H](O)COP(=O)(O)OC[C@@H](COC(=O)CCCCCCC/C=C\CCCCCC)OC(=O)CCCCCCCCC/C=C\CCCCCC. The summed E-state index contributed by atoms with van der Waals surface area (Å²) in [6, 6.07) is 0. The number of phosphoric acid groups is 2. The number of hydrogen-bond donors (Lipinski definition) is 3. The van der Waals surface area contributed by atoms with E-state index >= 15 is 0 Å². The van der Waals surface area contributed by atoms with E-state index < -0.39 is 97.5 Å². The molecule has 0 aromatic carbocycles. The van der Waals surface area contributed by atoms with Gasteiger partial charge >= 0.3 is 39.5 Å². The Hall–Kier alpha value is -3.76. The van der Waals surface area contributed by atoms with E-state index in [1.54, 1.807) is 0 Å². The fourth-order valence-corrected chi connectivity index (χ4v) is 12.2. The molecule has 5 atom stereocenters. The molecule has 0 aromatic heterocycles. The number of esters is 4. The van der Waals surface area contributed by atoms with Crippen LogP contribution in [0.1, 0.15) is 349 Å². The van der Waals surface area contributed by atoms with Gasteiger partial charge < -0.3 is 33.8 Å². The number of carbonyl (C=O) groups excluding carboxylic acids is 4. The van der Waals surface area contributed by atoms with Gasteiger partial charge in [-0.1, -0.05) is 267 Å². The molecule has 2 unspecified atom stereocenters. The summed E-state index contributed by atoms with van der Waals surface area (Å²) in [5, 5.41) is 10.6. The van der Waals surface area contributed by atoms with Crippen LogP contribution in [0.3, 0.4) is 0 Å². The lowest BCUT2D eigenvalue weighted by Gasteiger charge is -2.21. The average Bonchev–Trinajstić information content (AvgIpc) is 1.22. The molecule has 0 aliphatic heterocycles. The molecule has 0 bridgehead atoms. The Bertz CT molecular complexity index is 2230. The van der Waals surface area contributed by atoms with Gasteiger partial charge in [-0.15, -0.1) is 0 Å². The van der Waals surface area contributed by atoms with Gasteiger partial charge in [0.1, 0.15) is 19.3 Å². The Morgan fingerprint density at radius 3 is 0.830 bits per heavy atom. The Morgan fingerprint density at radius 1 is 0.280 bits per heavy atom. The first-order valence-corrected chi connectivity index (χ1v) is 42.8. The Morgan fingerprint density at radius 2 is 0.500 bits per heavy atom. The van der Waals surface area contributed by atoms with E-state index in [2.05, 4.69) is 101 Å². The fraction of sp³-hybridized carbons (Fsp3) is 0.778. The summed E-state index contributed by atoms with van der Waals surface area (Å²) in [7, 11) is -9.97. The van der Waals surface area contributed by atoms with E-state index in [1.807, 2.05) is 12.2 Å². The number of allylic oxidation sites excluding steroid dienone is 14. The molecule has 3 N–H and O–H groups in total. The van der Waals surface area contributed by atoms with E-state index in [9.17, 15) is 43.2 Å². The molecule has 580 valence electrons. The minimum absolute atomic E-state index is 0.0190. The van der Waals surface area contributed by atoms with Crippen LogP contribution in [0.15, 0.2) is 85.1 Å². The highest BCUT2D eigenvalue weighted by molar-refractivity contribution is 7.47. The van der Waals surface area contributed by atoms with Crippen molar-refractivity contribution >= 4 is 39.5 Å². The van der Waals surface area contributed by atoms with Gasteiger partial charge in [0.2, 0.25) is 0 Å². The lowest BCUT2D eigenvalue weighted by molar-refractivity contribution is -0.161. The number of unbranched alkanes of at least 4 members (excludes halogenated alkanes) is 35. The number of ether oxygens (including phenoxy) is 4. The lowest BCUT2D eigenvalue weighted by Crippen LogP contribution is -2.30. The van der Waals surface area contributed by atoms with Gasteiger partial charge in [0.25, 0.3) is 0 Å². The largest absolute Gasteiger partial charge is 0.472 e. The van der Waals surface area contributed by atoms with Gasteiger partial charge in [0.05, 0.1) is 26.4 Å². The van der Waals surface area contributed by atoms with E-state index in [0.29, 0.717) is 32.1 Å². The second-order valence-corrected chi connectivity index (χ2v) is 29.5. The van der Waals surface area contributed by atoms with E-state index in [-0.39, 0.29) is 25.7 Å². The van der Waals surface area contributed by atoms with Crippen LogP contribution < -0.4 is 0 Å². The predicted molar refractivity (Wildman–Crippen MR) is 409 cm³/mol. The highest BCUT2D eigenvalue weighted by Gasteiger charge is 2.30. The molecule has 0 saturated heterocycles. The summed E-state index contributed by atoms with van der Waals surface area (Å²) in [6.45, 7) is 4.77. The first kappa shape index (κ1) is 96.2. The summed E-state index contributed by atoms with van der Waals surface area (Å²) < 4.78 is 68.5. The van der Waals surface area contributed by atoms with Crippen molar-refractivity contribution < 1.29 is 80.2 Å². The zero-order valence-electron chi connectivity index (χ0n) is 63.4. The molecule has 0 aliphatic rings. The highest BCUT2D eigenvalue weighted by atomic mass is 31.2. The van der Waals surface area contributed by atoms with Crippen LogP contribution in [0.4, 0.5) is 0 Å². The van der Waals surface area contributed by atoms with E-state index in [1.165, 1.54) is 109 Å². The van der Waals surface area contributed by atoms with Crippen LogP contribution >= 0.6 is 15.6 Å². The zero-order valence-corrected chi connectivity index (χ0v) is 65.2. The van der Waals surface area contributed by atoms with Gasteiger partial charge in [-0.2, -0.15) is 0 Å². The molecular weight excluding hydrogens is 1310 g/mol. The molecule has 17 nitrogen and oxygen atoms in total. The van der Waals surface area contributed by atoms with Crippen LogP contribution in [0.25, 0.3) is 0 Å². The number of aliphatic hydroxyl groups is 1. The predicted octanol–water partition coefficient (Wildman–Crippen LogP) is 23.0. The molecule has 0 rings (SSSR count). The molecule has 100 heavy (non-hydrogen) atoms. The van der Waals surface area contributed by atoms with Crippen molar-refractivity contribution in [2.75, 3.05) is 39.6 Å². The molecule has 0 amide bonds. The summed E-state index contributed by atoms with van der Waals surface area (Å²) in [5.74, 6) is -2.24. The minimum atomic E-state index is -4.99. The molecular formula is C81H144O17P2. The van der Waals surface area contributed by atoms with Gasteiger partial charge in [-0.3, -0.25) is 37.3 Å². The maximum absolute atomic E-state index is 13.1. The van der Waals surface area contributed by atoms with Gasteiger partial charge in [-0.05, 0) is 141 Å². The maximum atomic E-state index is 13.1. The smallest absolute Gasteiger partial charge is 0.462 e. The van der Waals surface area contributed by atoms with Gasteiger partial charge in [-0.25, -0.2) is 9.13 Å². The Kier molecular flexibility index (Phi) is 70.8. The lowest BCUT2D eigenvalue weighted by atomic mass is 10.1. The third kappa shape index (κ3) is 72.6. The number of carbonyl (C=O) groups is 4. The molecule has 0 saturated carbocycles. The first-order valence-electron chi connectivity index (χ1n) is 39.8. The topological polar surface area (TPSA) is 237 Å². The van der Waals surface area contributed by atoms with E-state index in [4.69, 9.17) is 37.0 Å². The van der Waals surface area contributed by atoms with Crippen molar-refractivity contribution in [2.45, 2.75) is 367 Å². The molecule has 19 heteroatoms. The summed E-state index contributed by atoms with van der Waals surface area (Å²) in [4.78, 5) is 72.9. The Balaban J connectivity index is 5.40. The Labute approximate surface area is 608 Å². The third-order valence-corrected chi connectivity index (χ3v) is 18.7. The van der Waals surface area contributed by atoms with Crippen molar-refractivity contribution in [2.24, 2.45) is 0 Å². The van der Waals surface area contributed by atoms with Crippen molar-refractivity contribution in [1.29, 1.82) is 0 Å². The number of hydrogen-bond acceptors (Lipinski definition) is 15. The van der Waals surface area contributed by atoms with Crippen molar-refractivity contribution in [1.82, 2.24) is 0 Å². The maximum Gasteiger partial charge on any atom is 0.472 e. The quantitative estimate of drug-likeness (QED) is 0.0169. The van der Waals surface area contributed by atoms with Crippen molar-refractivity contribution in [3.63, 3.8) is 0 Å². The third-order valence-electron chi connectivity index (χ3n) is 16.8. The minimum Gasteiger partial charge on any atom is -0.462 e. The summed E-state index contributed by atoms with van der Waals surface area (Å²) in [6.07, 6.45) is 75.7. The highest BCUT2D eigenvalue weighted by Crippen LogP contribution is 2.45. The first-order chi connectivity index (χ1) is 48.7. The monoisotopic (exact) mass is 1450 g/mol. The van der Waals surface area contributed by atoms with Gasteiger partial charge in [0.15, 0.2) is 12.2 Å². The van der Waals surface area contributed by atoms with Crippen LogP contribution in [0.2, 0.25) is 0 Å². The summed E-state index contributed by atoms with van der Waals surface area (Å²) >= 11 is 0. The fourth-order valence-electron chi connectivity index (χ4n) is 10.7. The summed E-state index contributed by atoms with van der Waals surface area (Å²) in [5.41, 5.74) is 0. The standard InChI is InChI=1S/C81H144O17P2/c1-5-9-13-17-21-25-29-33-36-37-40-44-48-52-56-60-64-68-81(86)98-77(72-92-79(84)66-62-58-54-50-46-42-38-34-30-26-22-18-14-10-6-2)74-96-100(89,90)94-70-75(82)69-93-99(87,88)95-73-76(71-91-78(83)65-61-57-53-49-45-41-32-28-24-20-16-12-8-4)97-80(85)67-63-59-55-51-47-43-39-35-31-27-23-19-15-11-7-3/h21,25,27-28,31-34,36,38,40,44,52,56,75-77,82H,5-20,22-24,26,29-30,35,37,39,41-43,45-51,53-55,57-74H2,1-4H3,(H,87,88)(H,89,90)/b25-21-,31-27-,32-28-,36-33-,38-34-,44-40-,56-52-/t75-,76+,77+/m0/s1. The van der Waals surface area contributed by atoms with Crippen LogP contribution in [0.5, 0.6) is 0 Å². The van der Waals surface area contributed by atoms with Crippen LogP contribution in [-0.2, 0) is 65.4 Å². The zero-order chi connectivity index (χ0) is 73.2.